The number of amides is 1. The van der Waals surface area contributed by atoms with E-state index in [0.29, 0.717) is 0 Å². The molecule has 14 heavy (non-hydrogen) atoms. The third kappa shape index (κ3) is 6.71. The van der Waals surface area contributed by atoms with Crippen molar-refractivity contribution in [1.82, 2.24) is 5.32 Å². The van der Waals surface area contributed by atoms with E-state index in [2.05, 4.69) is 5.32 Å². The summed E-state index contributed by atoms with van der Waals surface area (Å²) in [6.07, 6.45) is -5.93. The van der Waals surface area contributed by atoms with E-state index >= 15 is 0 Å². The highest BCUT2D eigenvalue weighted by molar-refractivity contribution is 5.76. The van der Waals surface area contributed by atoms with Gasteiger partial charge in [-0.05, 0) is 13.8 Å². The van der Waals surface area contributed by atoms with E-state index in [0.717, 1.165) is 0 Å². The fraction of sp³-hybridized carbons (Fsp3) is 0.875. The van der Waals surface area contributed by atoms with Crippen molar-refractivity contribution in [2.24, 2.45) is 5.73 Å². The number of nitrogens with two attached hydrogens (primary N) is 1. The summed E-state index contributed by atoms with van der Waals surface area (Å²) >= 11 is 0. The number of hydrogen-bond acceptors (Lipinski definition) is 2. The molecule has 0 bridgehead atoms. The number of carbonyl (C=O) groups excluding carboxylic acids is 1. The lowest BCUT2D eigenvalue weighted by Gasteiger charge is -2.24. The first-order chi connectivity index (χ1) is 6.16. The summed E-state index contributed by atoms with van der Waals surface area (Å²) in [6, 6.07) is 0. The SMILES string of the molecule is CC(C)(CN)NC(=O)CCC(F)(F)F. The van der Waals surface area contributed by atoms with Gasteiger partial charge in [-0.1, -0.05) is 0 Å². The van der Waals surface area contributed by atoms with Gasteiger partial charge >= 0.3 is 6.18 Å². The molecule has 0 fully saturated rings. The molecule has 0 rings (SSSR count). The van der Waals surface area contributed by atoms with E-state index in [9.17, 15) is 18.0 Å². The van der Waals surface area contributed by atoms with Crippen LogP contribution in [0.5, 0.6) is 0 Å². The largest absolute Gasteiger partial charge is 0.389 e. The van der Waals surface area contributed by atoms with Crippen molar-refractivity contribution in [2.45, 2.75) is 38.4 Å². The minimum atomic E-state index is -4.29. The molecule has 0 saturated heterocycles. The predicted octanol–water partition coefficient (Wildman–Crippen LogP) is 1.18. The Bertz CT molecular complexity index is 201. The Kier molecular flexibility index (Phi) is 4.38. The van der Waals surface area contributed by atoms with Crippen LogP contribution in [0, 0.1) is 0 Å². The van der Waals surface area contributed by atoms with Gasteiger partial charge in [0.25, 0.3) is 0 Å². The van der Waals surface area contributed by atoms with Gasteiger partial charge in [-0.3, -0.25) is 4.79 Å². The van der Waals surface area contributed by atoms with Crippen molar-refractivity contribution in [1.29, 1.82) is 0 Å². The fourth-order valence-electron chi connectivity index (χ4n) is 0.746. The molecule has 0 radical (unpaired) electrons. The Morgan fingerprint density at radius 2 is 1.86 bits per heavy atom. The van der Waals surface area contributed by atoms with Crippen LogP contribution >= 0.6 is 0 Å². The maximum atomic E-state index is 11.7. The van der Waals surface area contributed by atoms with Crippen LogP contribution in [-0.2, 0) is 4.79 Å². The first kappa shape index (κ1) is 13.2. The molecule has 0 aliphatic heterocycles. The molecule has 3 nitrogen and oxygen atoms in total. The minimum absolute atomic E-state index is 0.185. The second kappa shape index (κ2) is 4.63. The van der Waals surface area contributed by atoms with Crippen molar-refractivity contribution >= 4 is 5.91 Å². The van der Waals surface area contributed by atoms with E-state index < -0.39 is 30.5 Å². The third-order valence-corrected chi connectivity index (χ3v) is 1.62. The zero-order valence-corrected chi connectivity index (χ0v) is 8.24. The lowest BCUT2D eigenvalue weighted by atomic mass is 10.1. The molecule has 6 heteroatoms. The molecule has 0 unspecified atom stereocenters. The highest BCUT2D eigenvalue weighted by Gasteiger charge is 2.29. The number of hydrogen-bond donors (Lipinski definition) is 2. The number of alkyl halides is 3. The predicted molar refractivity (Wildman–Crippen MR) is 46.6 cm³/mol. The van der Waals surface area contributed by atoms with Crippen LogP contribution in [0.2, 0.25) is 0 Å². The van der Waals surface area contributed by atoms with E-state index in [4.69, 9.17) is 5.73 Å². The molecular weight excluding hydrogens is 197 g/mol. The first-order valence-corrected chi connectivity index (χ1v) is 4.24. The zero-order chi connectivity index (χ0) is 11.4. The van der Waals surface area contributed by atoms with Crippen molar-refractivity contribution in [3.63, 3.8) is 0 Å². The van der Waals surface area contributed by atoms with Crippen LogP contribution in [0.3, 0.4) is 0 Å². The van der Waals surface area contributed by atoms with Crippen LogP contribution in [0.4, 0.5) is 13.2 Å². The first-order valence-electron chi connectivity index (χ1n) is 4.24. The fourth-order valence-corrected chi connectivity index (χ4v) is 0.746. The van der Waals surface area contributed by atoms with Gasteiger partial charge in [0.15, 0.2) is 0 Å². The monoisotopic (exact) mass is 212 g/mol. The van der Waals surface area contributed by atoms with Gasteiger partial charge in [0, 0.05) is 18.5 Å². The van der Waals surface area contributed by atoms with E-state index in [1.165, 1.54) is 0 Å². The average molecular weight is 212 g/mol. The maximum absolute atomic E-state index is 11.7. The van der Waals surface area contributed by atoms with Crippen LogP contribution in [-0.4, -0.2) is 24.2 Å². The Labute approximate surface area is 80.8 Å². The quantitative estimate of drug-likeness (QED) is 0.735. The molecule has 0 saturated carbocycles. The Morgan fingerprint density at radius 1 is 1.36 bits per heavy atom. The van der Waals surface area contributed by atoms with Crippen molar-refractivity contribution in [3.05, 3.63) is 0 Å². The number of halogens is 3. The molecule has 0 aliphatic rings. The number of rotatable bonds is 4. The van der Waals surface area contributed by atoms with Gasteiger partial charge < -0.3 is 11.1 Å². The maximum Gasteiger partial charge on any atom is 0.389 e. The van der Waals surface area contributed by atoms with Gasteiger partial charge in [0.1, 0.15) is 0 Å². The smallest absolute Gasteiger partial charge is 0.350 e. The lowest BCUT2D eigenvalue weighted by molar-refractivity contribution is -0.144. The van der Waals surface area contributed by atoms with Gasteiger partial charge in [0.2, 0.25) is 5.91 Å². The van der Waals surface area contributed by atoms with Gasteiger partial charge in [-0.15, -0.1) is 0 Å². The highest BCUT2D eigenvalue weighted by Crippen LogP contribution is 2.21. The molecule has 0 aromatic heterocycles. The Hall–Kier alpha value is -0.780. The summed E-state index contributed by atoms with van der Waals surface area (Å²) in [6.45, 7) is 3.49. The molecule has 0 heterocycles. The zero-order valence-electron chi connectivity index (χ0n) is 8.24. The van der Waals surface area contributed by atoms with Crippen LogP contribution in [0.25, 0.3) is 0 Å². The number of nitrogens with one attached hydrogen (secondary N) is 1. The summed E-state index contributed by atoms with van der Waals surface area (Å²) in [4.78, 5) is 11.0. The van der Waals surface area contributed by atoms with Crippen molar-refractivity contribution < 1.29 is 18.0 Å². The highest BCUT2D eigenvalue weighted by atomic mass is 19.4. The van der Waals surface area contributed by atoms with Crippen molar-refractivity contribution in [3.8, 4) is 0 Å². The van der Waals surface area contributed by atoms with E-state index in [1.807, 2.05) is 0 Å². The van der Waals surface area contributed by atoms with Crippen LogP contribution < -0.4 is 11.1 Å². The lowest BCUT2D eigenvalue weighted by Crippen LogP contribution is -2.48. The summed E-state index contributed by atoms with van der Waals surface area (Å²) in [5.74, 6) is -0.627. The molecule has 0 atom stereocenters. The summed E-state index contributed by atoms with van der Waals surface area (Å²) in [5, 5.41) is 2.41. The molecule has 84 valence electrons. The molecule has 0 aromatic carbocycles. The average Bonchev–Trinajstić information content (AvgIpc) is 1.99. The minimum Gasteiger partial charge on any atom is -0.350 e. The third-order valence-electron chi connectivity index (χ3n) is 1.62. The Balaban J connectivity index is 3.89. The van der Waals surface area contributed by atoms with Gasteiger partial charge in [0.05, 0.1) is 6.42 Å². The topological polar surface area (TPSA) is 55.1 Å². The Morgan fingerprint density at radius 3 is 2.21 bits per heavy atom. The number of carbonyl (C=O) groups is 1. The normalized spacial score (nSPS) is 12.7. The standard InChI is InChI=1S/C8H15F3N2O/c1-7(2,5-12)13-6(14)3-4-8(9,10)11/h3-5,12H2,1-2H3,(H,13,14). The van der Waals surface area contributed by atoms with Crippen molar-refractivity contribution in [2.75, 3.05) is 6.54 Å². The molecule has 0 aliphatic carbocycles. The molecule has 1 amide bonds. The summed E-state index contributed by atoms with van der Waals surface area (Å²) in [7, 11) is 0. The second-order valence-electron chi connectivity index (χ2n) is 3.75. The summed E-state index contributed by atoms with van der Waals surface area (Å²) < 4.78 is 35.2. The van der Waals surface area contributed by atoms with Crippen LogP contribution in [0.15, 0.2) is 0 Å². The molecule has 0 spiro atoms. The van der Waals surface area contributed by atoms with Crippen LogP contribution in [0.1, 0.15) is 26.7 Å². The molecular formula is C8H15F3N2O. The second-order valence-corrected chi connectivity index (χ2v) is 3.75. The van der Waals surface area contributed by atoms with E-state index in [1.54, 1.807) is 13.8 Å². The molecule has 0 aromatic rings. The van der Waals surface area contributed by atoms with Gasteiger partial charge in [-0.2, -0.15) is 13.2 Å². The summed E-state index contributed by atoms with van der Waals surface area (Å²) in [5.41, 5.74) is 4.65. The molecule has 3 N–H and O–H groups in total. The van der Waals surface area contributed by atoms with E-state index in [-0.39, 0.29) is 6.54 Å². The van der Waals surface area contributed by atoms with Gasteiger partial charge in [-0.25, -0.2) is 0 Å².